The Kier molecular flexibility index (Phi) is 4.03. The van der Waals surface area contributed by atoms with Crippen LogP contribution < -0.4 is 4.74 Å². The summed E-state index contributed by atoms with van der Waals surface area (Å²) in [5.41, 5.74) is 2.50. The number of methoxy groups -OCH3 is 1. The molecule has 1 saturated heterocycles. The normalized spacial score (nSPS) is 15.4. The van der Waals surface area contributed by atoms with Gasteiger partial charge in [0.2, 0.25) is 5.91 Å². The van der Waals surface area contributed by atoms with Crippen molar-refractivity contribution in [2.45, 2.75) is 19.8 Å². The average molecular weight is 245 g/mol. The zero-order valence-corrected chi connectivity index (χ0v) is 11.0. The molecule has 2 rings (SSSR count). The predicted molar refractivity (Wildman–Crippen MR) is 72.5 cm³/mol. The van der Waals surface area contributed by atoms with Gasteiger partial charge in [-0.2, -0.15) is 0 Å². The molecule has 0 N–H and O–H groups in total. The highest BCUT2D eigenvalue weighted by Crippen LogP contribution is 2.24. The van der Waals surface area contributed by atoms with Gasteiger partial charge in [-0.15, -0.1) is 0 Å². The first-order valence-electron chi connectivity index (χ1n) is 6.28. The van der Waals surface area contributed by atoms with E-state index in [9.17, 15) is 4.79 Å². The minimum atomic E-state index is 0.173. The zero-order valence-electron chi connectivity index (χ0n) is 11.0. The molecule has 0 spiro atoms. The summed E-state index contributed by atoms with van der Waals surface area (Å²) in [6.07, 6.45) is 4.10. The number of amides is 1. The topological polar surface area (TPSA) is 29.5 Å². The van der Waals surface area contributed by atoms with E-state index >= 15 is 0 Å². The van der Waals surface area contributed by atoms with Gasteiger partial charge in [0.15, 0.2) is 0 Å². The summed E-state index contributed by atoms with van der Waals surface area (Å²) in [5, 5.41) is 0. The summed E-state index contributed by atoms with van der Waals surface area (Å²) < 4.78 is 5.34. The van der Waals surface area contributed by atoms with Crippen LogP contribution in [0.2, 0.25) is 0 Å². The van der Waals surface area contributed by atoms with E-state index in [1.165, 1.54) is 5.57 Å². The van der Waals surface area contributed by atoms with Crippen molar-refractivity contribution in [3.8, 4) is 5.75 Å². The molecule has 1 aromatic rings. The SMILES string of the molecule is COc1ccccc1C=C1CCN(C(C)=O)CC1. The number of hydrogen-bond donors (Lipinski definition) is 0. The average Bonchev–Trinajstić information content (AvgIpc) is 2.40. The maximum Gasteiger partial charge on any atom is 0.219 e. The van der Waals surface area contributed by atoms with Crippen LogP contribution in [0.1, 0.15) is 25.3 Å². The first-order valence-corrected chi connectivity index (χ1v) is 6.28. The second-order valence-electron chi connectivity index (χ2n) is 4.55. The van der Waals surface area contributed by atoms with Crippen LogP contribution in [-0.4, -0.2) is 31.0 Å². The van der Waals surface area contributed by atoms with E-state index in [0.717, 1.165) is 37.2 Å². The molecule has 0 atom stereocenters. The van der Waals surface area contributed by atoms with Crippen molar-refractivity contribution in [3.05, 3.63) is 35.4 Å². The number of benzene rings is 1. The monoisotopic (exact) mass is 245 g/mol. The smallest absolute Gasteiger partial charge is 0.219 e. The molecular formula is C15H19NO2. The van der Waals surface area contributed by atoms with Crippen LogP contribution in [-0.2, 0) is 4.79 Å². The lowest BCUT2D eigenvalue weighted by atomic mass is 10.0. The molecule has 3 heteroatoms. The Bertz CT molecular complexity index is 455. The van der Waals surface area contributed by atoms with Gasteiger partial charge in [0.1, 0.15) is 5.75 Å². The highest BCUT2D eigenvalue weighted by Gasteiger charge is 2.15. The fourth-order valence-electron chi connectivity index (χ4n) is 2.26. The van der Waals surface area contributed by atoms with E-state index in [1.54, 1.807) is 14.0 Å². The van der Waals surface area contributed by atoms with E-state index < -0.39 is 0 Å². The van der Waals surface area contributed by atoms with Gasteiger partial charge in [-0.05, 0) is 18.9 Å². The molecule has 1 aromatic carbocycles. The van der Waals surface area contributed by atoms with Crippen molar-refractivity contribution in [3.63, 3.8) is 0 Å². The van der Waals surface area contributed by atoms with Gasteiger partial charge in [-0.25, -0.2) is 0 Å². The Morgan fingerprint density at radius 3 is 2.56 bits per heavy atom. The summed E-state index contributed by atoms with van der Waals surface area (Å²) in [6.45, 7) is 3.29. The molecule has 18 heavy (non-hydrogen) atoms. The Balaban J connectivity index is 2.09. The van der Waals surface area contributed by atoms with E-state index in [2.05, 4.69) is 12.1 Å². The molecule has 0 aliphatic carbocycles. The van der Waals surface area contributed by atoms with Crippen LogP contribution in [0.5, 0.6) is 5.75 Å². The van der Waals surface area contributed by atoms with Crippen molar-refractivity contribution in [1.82, 2.24) is 4.90 Å². The second-order valence-corrected chi connectivity index (χ2v) is 4.55. The Labute approximate surface area is 108 Å². The number of para-hydroxylation sites is 1. The molecule has 0 aromatic heterocycles. The molecular weight excluding hydrogens is 226 g/mol. The number of likely N-dealkylation sites (tertiary alicyclic amines) is 1. The fraction of sp³-hybridized carbons (Fsp3) is 0.400. The molecule has 0 radical (unpaired) electrons. The number of hydrogen-bond acceptors (Lipinski definition) is 2. The van der Waals surface area contributed by atoms with Gasteiger partial charge >= 0.3 is 0 Å². The Hall–Kier alpha value is -1.77. The second kappa shape index (κ2) is 5.71. The number of carbonyl (C=O) groups is 1. The van der Waals surface area contributed by atoms with Gasteiger partial charge in [-0.3, -0.25) is 4.79 Å². The number of rotatable bonds is 2. The van der Waals surface area contributed by atoms with E-state index in [1.807, 2.05) is 23.1 Å². The molecule has 96 valence electrons. The number of carbonyl (C=O) groups excluding carboxylic acids is 1. The molecule has 1 amide bonds. The molecule has 1 fully saturated rings. The van der Waals surface area contributed by atoms with Crippen molar-refractivity contribution in [1.29, 1.82) is 0 Å². The lowest BCUT2D eigenvalue weighted by Crippen LogP contribution is -2.34. The lowest BCUT2D eigenvalue weighted by Gasteiger charge is -2.27. The maximum atomic E-state index is 11.3. The van der Waals surface area contributed by atoms with Crippen molar-refractivity contribution in [2.24, 2.45) is 0 Å². The molecule has 1 aliphatic heterocycles. The summed E-state index contributed by atoms with van der Waals surface area (Å²) in [4.78, 5) is 13.2. The van der Waals surface area contributed by atoms with Crippen LogP contribution in [0.3, 0.4) is 0 Å². The van der Waals surface area contributed by atoms with E-state index in [-0.39, 0.29) is 5.91 Å². The lowest BCUT2D eigenvalue weighted by molar-refractivity contribution is -0.129. The number of ether oxygens (including phenoxy) is 1. The third-order valence-electron chi connectivity index (χ3n) is 3.35. The highest BCUT2D eigenvalue weighted by atomic mass is 16.5. The molecule has 0 bridgehead atoms. The molecule has 3 nitrogen and oxygen atoms in total. The van der Waals surface area contributed by atoms with Crippen molar-refractivity contribution >= 4 is 12.0 Å². The number of nitrogens with zero attached hydrogens (tertiary/aromatic N) is 1. The Morgan fingerprint density at radius 1 is 1.28 bits per heavy atom. The number of piperidine rings is 1. The van der Waals surface area contributed by atoms with Crippen LogP contribution >= 0.6 is 0 Å². The van der Waals surface area contributed by atoms with Gasteiger partial charge in [0.05, 0.1) is 7.11 Å². The largest absolute Gasteiger partial charge is 0.496 e. The van der Waals surface area contributed by atoms with Crippen molar-refractivity contribution < 1.29 is 9.53 Å². The molecule has 1 heterocycles. The van der Waals surface area contributed by atoms with E-state index in [0.29, 0.717) is 0 Å². The maximum absolute atomic E-state index is 11.3. The Morgan fingerprint density at radius 2 is 1.94 bits per heavy atom. The summed E-state index contributed by atoms with van der Waals surface area (Å²) in [5.74, 6) is 1.07. The van der Waals surface area contributed by atoms with Gasteiger partial charge in [0.25, 0.3) is 0 Å². The highest BCUT2D eigenvalue weighted by molar-refractivity contribution is 5.73. The van der Waals surface area contributed by atoms with Crippen LogP contribution in [0.15, 0.2) is 29.8 Å². The van der Waals surface area contributed by atoms with Crippen LogP contribution in [0, 0.1) is 0 Å². The minimum Gasteiger partial charge on any atom is -0.496 e. The van der Waals surface area contributed by atoms with Crippen LogP contribution in [0.4, 0.5) is 0 Å². The zero-order chi connectivity index (χ0) is 13.0. The minimum absolute atomic E-state index is 0.173. The van der Waals surface area contributed by atoms with Gasteiger partial charge in [-0.1, -0.05) is 29.8 Å². The first kappa shape index (κ1) is 12.7. The summed E-state index contributed by atoms with van der Waals surface area (Å²) >= 11 is 0. The van der Waals surface area contributed by atoms with Crippen LogP contribution in [0.25, 0.3) is 6.08 Å². The predicted octanol–water partition coefficient (Wildman–Crippen LogP) is 2.72. The summed E-state index contributed by atoms with van der Waals surface area (Å²) in [6, 6.07) is 8.01. The molecule has 1 aliphatic rings. The summed E-state index contributed by atoms with van der Waals surface area (Å²) in [7, 11) is 1.69. The van der Waals surface area contributed by atoms with Gasteiger partial charge < -0.3 is 9.64 Å². The fourth-order valence-corrected chi connectivity index (χ4v) is 2.26. The molecule has 0 unspecified atom stereocenters. The third kappa shape index (κ3) is 2.92. The van der Waals surface area contributed by atoms with Gasteiger partial charge in [0, 0.05) is 25.6 Å². The van der Waals surface area contributed by atoms with Crippen molar-refractivity contribution in [2.75, 3.05) is 20.2 Å². The molecule has 0 saturated carbocycles. The standard InChI is InChI=1S/C15H19NO2/c1-12(17)16-9-7-13(8-10-16)11-14-5-3-4-6-15(14)18-2/h3-6,11H,7-10H2,1-2H3. The third-order valence-corrected chi connectivity index (χ3v) is 3.35. The first-order chi connectivity index (χ1) is 8.70. The quantitative estimate of drug-likeness (QED) is 0.801. The van der Waals surface area contributed by atoms with E-state index in [4.69, 9.17) is 4.74 Å².